The highest BCUT2D eigenvalue weighted by Crippen LogP contribution is 2.19. The van der Waals surface area contributed by atoms with E-state index in [0.29, 0.717) is 0 Å². The zero-order valence-corrected chi connectivity index (χ0v) is 10.2. The lowest BCUT2D eigenvalue weighted by molar-refractivity contribution is 0.0930. The minimum atomic E-state index is -0.845. The van der Waals surface area contributed by atoms with Crippen LogP contribution in [0.25, 0.3) is 0 Å². The molecule has 3 nitrogen and oxygen atoms in total. The lowest BCUT2D eigenvalue weighted by Crippen LogP contribution is -2.44. The van der Waals surface area contributed by atoms with Gasteiger partial charge in [0.2, 0.25) is 0 Å². The Kier molecular flexibility index (Phi) is 3.61. The maximum absolute atomic E-state index is 13.5. The normalized spacial score (nSPS) is 23.1. The first kappa shape index (κ1) is 13.0. The van der Waals surface area contributed by atoms with Crippen LogP contribution in [0.2, 0.25) is 0 Å². The molecule has 0 radical (unpaired) electrons. The predicted octanol–water partition coefficient (Wildman–Crippen LogP) is 1.88. The first-order chi connectivity index (χ1) is 8.49. The summed E-state index contributed by atoms with van der Waals surface area (Å²) in [6, 6.07) is 1.75. The minimum absolute atomic E-state index is 0.0847. The molecule has 1 amide bonds. The molecular weight excluding hydrogens is 238 g/mol. The summed E-state index contributed by atoms with van der Waals surface area (Å²) in [7, 11) is 0. The average Bonchev–Trinajstić information content (AvgIpc) is 2.69. The fourth-order valence-corrected chi connectivity index (χ4v) is 2.25. The van der Waals surface area contributed by atoms with E-state index in [4.69, 9.17) is 5.73 Å². The van der Waals surface area contributed by atoms with Gasteiger partial charge in [-0.3, -0.25) is 4.79 Å². The number of benzene rings is 1. The van der Waals surface area contributed by atoms with Gasteiger partial charge in [0, 0.05) is 18.2 Å². The standard InChI is InChI=1S/C13H16F2N2O/c1-7-5-8(10(15)6-9(7)14)13(18)17-12-4-2-3-11(12)16/h5-6,11-12H,2-4,16H2,1H3,(H,17,18). The molecule has 3 N–H and O–H groups in total. The molecular formula is C13H16F2N2O. The number of hydrogen-bond donors (Lipinski definition) is 2. The molecule has 0 spiro atoms. The summed E-state index contributed by atoms with van der Waals surface area (Å²) in [4.78, 5) is 11.9. The topological polar surface area (TPSA) is 55.1 Å². The van der Waals surface area contributed by atoms with Crippen LogP contribution in [0, 0.1) is 18.6 Å². The van der Waals surface area contributed by atoms with Gasteiger partial charge in [-0.1, -0.05) is 0 Å². The highest BCUT2D eigenvalue weighted by Gasteiger charge is 2.26. The van der Waals surface area contributed by atoms with Crippen molar-refractivity contribution in [2.75, 3.05) is 0 Å². The summed E-state index contributed by atoms with van der Waals surface area (Å²) >= 11 is 0. The Bertz CT molecular complexity index is 476. The quantitative estimate of drug-likeness (QED) is 0.846. The molecule has 0 aromatic heterocycles. The fraction of sp³-hybridized carbons (Fsp3) is 0.462. The van der Waals surface area contributed by atoms with Crippen LogP contribution in [-0.4, -0.2) is 18.0 Å². The maximum Gasteiger partial charge on any atom is 0.254 e. The van der Waals surface area contributed by atoms with Crippen molar-refractivity contribution in [1.29, 1.82) is 0 Å². The molecule has 18 heavy (non-hydrogen) atoms. The second kappa shape index (κ2) is 5.02. The number of halogens is 2. The predicted molar refractivity (Wildman–Crippen MR) is 64.2 cm³/mol. The Balaban J connectivity index is 2.16. The van der Waals surface area contributed by atoms with E-state index in [1.807, 2.05) is 0 Å². The van der Waals surface area contributed by atoms with Crippen LogP contribution in [0.4, 0.5) is 8.78 Å². The van der Waals surface area contributed by atoms with Gasteiger partial charge in [-0.15, -0.1) is 0 Å². The molecule has 0 saturated heterocycles. The van der Waals surface area contributed by atoms with E-state index in [9.17, 15) is 13.6 Å². The van der Waals surface area contributed by atoms with Gasteiger partial charge in [0.15, 0.2) is 0 Å². The molecule has 2 unspecified atom stereocenters. The highest BCUT2D eigenvalue weighted by molar-refractivity contribution is 5.94. The van der Waals surface area contributed by atoms with E-state index in [-0.39, 0.29) is 23.2 Å². The van der Waals surface area contributed by atoms with Crippen LogP contribution in [0.3, 0.4) is 0 Å². The van der Waals surface area contributed by atoms with E-state index < -0.39 is 17.5 Å². The first-order valence-corrected chi connectivity index (χ1v) is 6.01. The third-order valence-corrected chi connectivity index (χ3v) is 3.38. The summed E-state index contributed by atoms with van der Waals surface area (Å²) in [5.74, 6) is -2.03. The number of carbonyl (C=O) groups excluding carboxylic acids is 1. The van der Waals surface area contributed by atoms with Crippen molar-refractivity contribution < 1.29 is 13.6 Å². The zero-order chi connectivity index (χ0) is 13.3. The Labute approximate surface area is 104 Å². The maximum atomic E-state index is 13.5. The molecule has 2 rings (SSSR count). The van der Waals surface area contributed by atoms with Gasteiger partial charge >= 0.3 is 0 Å². The number of carbonyl (C=O) groups is 1. The second-order valence-corrected chi connectivity index (χ2v) is 4.76. The summed E-state index contributed by atoms with van der Waals surface area (Å²) in [5, 5.41) is 2.71. The minimum Gasteiger partial charge on any atom is -0.348 e. The van der Waals surface area contributed by atoms with Crippen molar-refractivity contribution in [2.24, 2.45) is 5.73 Å². The lowest BCUT2D eigenvalue weighted by Gasteiger charge is -2.17. The van der Waals surface area contributed by atoms with Crippen molar-refractivity contribution >= 4 is 5.91 Å². The van der Waals surface area contributed by atoms with E-state index in [2.05, 4.69) is 5.32 Å². The van der Waals surface area contributed by atoms with Gasteiger partial charge in [-0.25, -0.2) is 8.78 Å². The highest BCUT2D eigenvalue weighted by atomic mass is 19.1. The number of hydrogen-bond acceptors (Lipinski definition) is 2. The van der Waals surface area contributed by atoms with Crippen molar-refractivity contribution in [3.8, 4) is 0 Å². The van der Waals surface area contributed by atoms with Gasteiger partial charge in [-0.05, 0) is 37.8 Å². The summed E-state index contributed by atoms with van der Waals surface area (Å²) in [6.45, 7) is 1.49. The van der Waals surface area contributed by atoms with Crippen LogP contribution in [-0.2, 0) is 0 Å². The smallest absolute Gasteiger partial charge is 0.254 e. The second-order valence-electron chi connectivity index (χ2n) is 4.76. The number of nitrogens with two attached hydrogens (primary N) is 1. The third-order valence-electron chi connectivity index (χ3n) is 3.38. The van der Waals surface area contributed by atoms with Gasteiger partial charge in [0.1, 0.15) is 11.6 Å². The van der Waals surface area contributed by atoms with Crippen molar-refractivity contribution in [3.05, 3.63) is 34.9 Å². The van der Waals surface area contributed by atoms with Crippen LogP contribution in [0.5, 0.6) is 0 Å². The van der Waals surface area contributed by atoms with E-state index in [0.717, 1.165) is 25.3 Å². The summed E-state index contributed by atoms with van der Waals surface area (Å²) in [5.41, 5.74) is 5.94. The number of nitrogens with one attached hydrogen (secondary N) is 1. The average molecular weight is 254 g/mol. The Morgan fingerprint density at radius 1 is 1.33 bits per heavy atom. The van der Waals surface area contributed by atoms with Crippen molar-refractivity contribution in [3.63, 3.8) is 0 Å². The Morgan fingerprint density at radius 2 is 2.06 bits per heavy atom. The van der Waals surface area contributed by atoms with Crippen LogP contribution < -0.4 is 11.1 Å². The number of amides is 1. The molecule has 0 bridgehead atoms. The Hall–Kier alpha value is -1.49. The zero-order valence-electron chi connectivity index (χ0n) is 10.2. The summed E-state index contributed by atoms with van der Waals surface area (Å²) < 4.78 is 26.6. The summed E-state index contributed by atoms with van der Waals surface area (Å²) in [6.07, 6.45) is 2.61. The molecule has 1 aromatic carbocycles. The molecule has 1 aliphatic rings. The largest absolute Gasteiger partial charge is 0.348 e. The molecule has 2 atom stereocenters. The molecule has 98 valence electrons. The van der Waals surface area contributed by atoms with Crippen LogP contribution >= 0.6 is 0 Å². The van der Waals surface area contributed by atoms with Crippen molar-refractivity contribution in [1.82, 2.24) is 5.32 Å². The lowest BCUT2D eigenvalue weighted by atomic mass is 10.1. The number of aryl methyl sites for hydroxylation is 1. The monoisotopic (exact) mass is 254 g/mol. The Morgan fingerprint density at radius 3 is 2.67 bits per heavy atom. The van der Waals surface area contributed by atoms with Crippen molar-refractivity contribution in [2.45, 2.75) is 38.3 Å². The van der Waals surface area contributed by atoms with Gasteiger partial charge in [0.05, 0.1) is 5.56 Å². The molecule has 1 saturated carbocycles. The van der Waals surface area contributed by atoms with Crippen LogP contribution in [0.15, 0.2) is 12.1 Å². The first-order valence-electron chi connectivity index (χ1n) is 6.01. The molecule has 0 aliphatic heterocycles. The number of rotatable bonds is 2. The van der Waals surface area contributed by atoms with E-state index in [1.54, 1.807) is 0 Å². The fourth-order valence-electron chi connectivity index (χ4n) is 2.25. The molecule has 0 heterocycles. The molecule has 1 aliphatic carbocycles. The van der Waals surface area contributed by atoms with Gasteiger partial charge < -0.3 is 11.1 Å². The third kappa shape index (κ3) is 2.51. The molecule has 1 fully saturated rings. The van der Waals surface area contributed by atoms with Crippen LogP contribution in [0.1, 0.15) is 35.2 Å². The molecule has 5 heteroatoms. The van der Waals surface area contributed by atoms with Gasteiger partial charge in [-0.2, -0.15) is 0 Å². The van der Waals surface area contributed by atoms with Gasteiger partial charge in [0.25, 0.3) is 5.91 Å². The SMILES string of the molecule is Cc1cc(C(=O)NC2CCCC2N)c(F)cc1F. The van der Waals surface area contributed by atoms with E-state index >= 15 is 0 Å². The molecule has 1 aromatic rings. The van der Waals surface area contributed by atoms with E-state index in [1.165, 1.54) is 13.0 Å².